The molecule has 6 amide bonds. The summed E-state index contributed by atoms with van der Waals surface area (Å²) in [5.41, 5.74) is 12.1. The molecule has 10 rings (SSSR count). The van der Waals surface area contributed by atoms with Gasteiger partial charge in [-0.15, -0.1) is 8.73 Å². The fourth-order valence-electron chi connectivity index (χ4n) is 8.70. The largest absolute Gasteiger partial charge is 0.332 e. The van der Waals surface area contributed by atoms with Crippen LogP contribution in [-0.2, 0) is 71.2 Å². The fourth-order valence-corrected chi connectivity index (χ4v) is 11.8. The highest BCUT2D eigenvalue weighted by molar-refractivity contribution is 7.93. The van der Waals surface area contributed by atoms with Gasteiger partial charge in [0, 0.05) is 17.6 Å². The van der Waals surface area contributed by atoms with E-state index in [0.717, 1.165) is 88.4 Å². The van der Waals surface area contributed by atoms with E-state index in [1.807, 2.05) is 0 Å². The van der Waals surface area contributed by atoms with Gasteiger partial charge in [0.25, 0.3) is 11.8 Å². The van der Waals surface area contributed by atoms with E-state index in [1.165, 1.54) is 56.8 Å². The van der Waals surface area contributed by atoms with Crippen molar-refractivity contribution in [3.8, 4) is 0 Å². The Bertz CT molecular complexity index is 2380. The molecule has 0 saturated heterocycles. The molecule has 15 heteroatoms. The normalized spacial score (nSPS) is 22.0. The van der Waals surface area contributed by atoms with Gasteiger partial charge in [0.2, 0.25) is 0 Å². The van der Waals surface area contributed by atoms with Crippen molar-refractivity contribution < 1.29 is 27.6 Å². The molecular weight excluding hydrogens is 727 g/mol. The lowest BCUT2D eigenvalue weighted by Crippen LogP contribution is -2.34. The molecule has 0 radical (unpaired) electrons. The van der Waals surface area contributed by atoms with E-state index in [2.05, 4.69) is 45.9 Å². The molecule has 13 nitrogen and oxygen atoms in total. The number of anilines is 2. The topological polar surface area (TPSA) is 188 Å². The van der Waals surface area contributed by atoms with Crippen LogP contribution in [0.5, 0.6) is 0 Å². The number of amides is 6. The number of aryl methyl sites for hydroxylation is 4. The summed E-state index contributed by atoms with van der Waals surface area (Å²) in [6.45, 7) is 0. The van der Waals surface area contributed by atoms with Crippen LogP contribution in [0.15, 0.2) is 73.4 Å². The number of pyridine rings is 1. The summed E-state index contributed by atoms with van der Waals surface area (Å²) >= 11 is 0. The first kappa shape index (κ1) is 34.4. The molecule has 0 saturated carbocycles. The van der Waals surface area contributed by atoms with Crippen LogP contribution in [0.3, 0.4) is 0 Å². The summed E-state index contributed by atoms with van der Waals surface area (Å²) in [4.78, 5) is 53.7. The standard InChI is InChI=1S/C20H19N3O3S.C19H18N4O3S/c24-19-16-7-1-2-10-17(16)27(26,22-19)23-20(25)21-18-14-8-3-5-12(14)11-13-6-4-9-15(13)18;24-17-15-8-3-9-20-18(15)27(26,22-17)23-19(25)21-16-13-6-1-4-11(13)10-12-5-2-7-14(12)16/h1-2,7,10-11H,3-6,8-9H2,(H2,21,22,23,24,25,26);3,8-10H,1-2,4-7H2,(H2,21,22,23,24,25,26). The number of carbonyl (C=O) groups is 4. The Labute approximate surface area is 312 Å². The predicted octanol–water partition coefficient (Wildman–Crippen LogP) is 6.16. The molecule has 276 valence electrons. The maximum Gasteiger partial charge on any atom is 0.332 e. The third-order valence-corrected chi connectivity index (χ3v) is 14.6. The Balaban J connectivity index is 0.000000142. The van der Waals surface area contributed by atoms with Crippen LogP contribution in [0, 0.1) is 0 Å². The summed E-state index contributed by atoms with van der Waals surface area (Å²) in [5, 5.41) is 5.87. The molecule has 4 N–H and O–H groups in total. The van der Waals surface area contributed by atoms with Gasteiger partial charge in [-0.05, 0) is 146 Å². The minimum Gasteiger partial charge on any atom is -0.307 e. The Morgan fingerprint density at radius 2 is 1.00 bits per heavy atom. The summed E-state index contributed by atoms with van der Waals surface area (Å²) in [6, 6.07) is 13.0. The van der Waals surface area contributed by atoms with Crippen molar-refractivity contribution in [2.75, 3.05) is 10.6 Å². The van der Waals surface area contributed by atoms with Crippen LogP contribution in [0.2, 0.25) is 0 Å². The minimum atomic E-state index is -3.41. The number of nitrogens with one attached hydrogen (secondary N) is 4. The van der Waals surface area contributed by atoms with Crippen molar-refractivity contribution in [1.82, 2.24) is 14.4 Å². The molecule has 2 atom stereocenters. The summed E-state index contributed by atoms with van der Waals surface area (Å²) < 4.78 is 38.5. The van der Waals surface area contributed by atoms with E-state index in [9.17, 15) is 27.6 Å². The second kappa shape index (κ2) is 13.2. The second-order valence-electron chi connectivity index (χ2n) is 14.3. The lowest BCUT2D eigenvalue weighted by Gasteiger charge is -2.17. The Morgan fingerprint density at radius 1 is 0.556 bits per heavy atom. The number of aromatic nitrogens is 1. The third-order valence-electron chi connectivity index (χ3n) is 11.0. The molecule has 2 aliphatic heterocycles. The fraction of sp³-hybridized carbons (Fsp3) is 0.308. The number of hydrogen-bond donors (Lipinski definition) is 4. The van der Waals surface area contributed by atoms with E-state index in [0.29, 0.717) is 0 Å². The maximum absolute atomic E-state index is 13.1. The first-order valence-electron chi connectivity index (χ1n) is 18.3. The van der Waals surface area contributed by atoms with Gasteiger partial charge >= 0.3 is 12.1 Å². The van der Waals surface area contributed by atoms with Gasteiger partial charge in [0.15, 0.2) is 24.9 Å². The van der Waals surface area contributed by atoms with E-state index in [-0.39, 0.29) is 21.0 Å². The smallest absolute Gasteiger partial charge is 0.307 e. The highest BCUT2D eigenvalue weighted by Gasteiger charge is 2.34. The monoisotopic (exact) mass is 763 g/mol. The highest BCUT2D eigenvalue weighted by atomic mass is 32.2. The van der Waals surface area contributed by atoms with Crippen molar-refractivity contribution >= 4 is 55.1 Å². The van der Waals surface area contributed by atoms with E-state index in [1.54, 1.807) is 30.3 Å². The van der Waals surface area contributed by atoms with Crippen LogP contribution in [0.4, 0.5) is 21.0 Å². The Kier molecular flexibility index (Phi) is 8.38. The summed E-state index contributed by atoms with van der Waals surface area (Å²) in [6.07, 6.45) is 13.6. The number of fused-ring (bicyclic) bond motifs is 6. The molecule has 1 aromatic heterocycles. The minimum absolute atomic E-state index is 0.0219. The molecule has 4 aliphatic carbocycles. The number of rotatable bonds is 4. The summed E-state index contributed by atoms with van der Waals surface area (Å²) in [5.74, 6) is -1.18. The molecule has 0 spiro atoms. The van der Waals surface area contributed by atoms with Crippen molar-refractivity contribution in [3.63, 3.8) is 0 Å². The zero-order valence-corrected chi connectivity index (χ0v) is 30.9. The zero-order valence-electron chi connectivity index (χ0n) is 29.3. The molecule has 0 fully saturated rings. The average molecular weight is 764 g/mol. The molecule has 4 aromatic rings. The Hall–Kier alpha value is -5.41. The van der Waals surface area contributed by atoms with Gasteiger partial charge in [-0.3, -0.25) is 9.59 Å². The quantitative estimate of drug-likeness (QED) is 0.192. The predicted molar refractivity (Wildman–Crippen MR) is 202 cm³/mol. The lowest BCUT2D eigenvalue weighted by molar-refractivity contribution is 0.0997. The third kappa shape index (κ3) is 5.86. The van der Waals surface area contributed by atoms with Gasteiger partial charge < -0.3 is 10.6 Å². The lowest BCUT2D eigenvalue weighted by atomic mass is 9.99. The second-order valence-corrected chi connectivity index (χ2v) is 18.0. The average Bonchev–Trinajstić information content (AvgIpc) is 4.01. The zero-order chi connectivity index (χ0) is 37.2. The number of hydrogen-bond acceptors (Lipinski definition) is 7. The molecule has 54 heavy (non-hydrogen) atoms. The molecule has 2 unspecified atom stereocenters. The van der Waals surface area contributed by atoms with Gasteiger partial charge in [0.05, 0.1) is 16.0 Å². The molecular formula is C39H37N7O6S2. The van der Waals surface area contributed by atoms with Crippen LogP contribution >= 0.6 is 0 Å². The van der Waals surface area contributed by atoms with Crippen molar-refractivity contribution in [2.24, 2.45) is 8.73 Å². The first-order chi connectivity index (χ1) is 26.1. The molecule has 0 bridgehead atoms. The van der Waals surface area contributed by atoms with Gasteiger partial charge in [-0.25, -0.2) is 32.4 Å². The highest BCUT2D eigenvalue weighted by Crippen LogP contribution is 2.40. The van der Waals surface area contributed by atoms with Gasteiger partial charge in [-0.1, -0.05) is 24.3 Å². The van der Waals surface area contributed by atoms with Crippen molar-refractivity contribution in [1.29, 1.82) is 0 Å². The number of benzene rings is 3. The van der Waals surface area contributed by atoms with Crippen LogP contribution in [0.1, 0.15) is 90.9 Å². The number of carbonyl (C=O) groups excluding carboxylic acids is 4. The maximum atomic E-state index is 13.1. The van der Waals surface area contributed by atoms with E-state index < -0.39 is 43.7 Å². The molecule has 3 aromatic carbocycles. The number of nitrogens with zero attached hydrogens (tertiary/aromatic N) is 3. The van der Waals surface area contributed by atoms with Crippen molar-refractivity contribution in [3.05, 3.63) is 110 Å². The van der Waals surface area contributed by atoms with E-state index >= 15 is 0 Å². The van der Waals surface area contributed by atoms with Crippen LogP contribution < -0.4 is 20.1 Å². The molecule has 3 heterocycles. The van der Waals surface area contributed by atoms with Gasteiger partial charge in [0.1, 0.15) is 0 Å². The van der Waals surface area contributed by atoms with Crippen LogP contribution in [-0.4, -0.2) is 37.3 Å². The summed E-state index contributed by atoms with van der Waals surface area (Å²) in [7, 11) is -6.70. The number of urea groups is 2. The first-order valence-corrected chi connectivity index (χ1v) is 21.3. The Morgan fingerprint density at radius 3 is 1.54 bits per heavy atom. The molecule has 6 aliphatic rings. The van der Waals surface area contributed by atoms with Crippen molar-refractivity contribution in [2.45, 2.75) is 87.0 Å². The van der Waals surface area contributed by atoms with Crippen LogP contribution in [0.25, 0.3) is 0 Å². The van der Waals surface area contributed by atoms with E-state index in [4.69, 9.17) is 0 Å². The SMILES string of the molecule is O=C(Nc1c2c(cc3c1CCC3)CCC2)NS1(=O)=NC(=O)c2ccccc21.O=C(Nc1c2c(cc3c1CCC3)CCC2)NS1(=O)=NC(=O)c2cccnc21. The van der Waals surface area contributed by atoms with Gasteiger partial charge in [-0.2, -0.15) is 0 Å².